The van der Waals surface area contributed by atoms with Crippen LogP contribution >= 0.6 is 11.3 Å². The highest BCUT2D eigenvalue weighted by atomic mass is 32.1. The summed E-state index contributed by atoms with van der Waals surface area (Å²) < 4.78 is 38.8. The van der Waals surface area contributed by atoms with Crippen molar-refractivity contribution in [2.24, 2.45) is 5.92 Å². The van der Waals surface area contributed by atoms with E-state index in [4.69, 9.17) is 0 Å². The first kappa shape index (κ1) is 16.2. The number of nitrogens with one attached hydrogen (secondary N) is 1. The minimum atomic E-state index is -4.13. The largest absolute Gasteiger partial charge is 0.391 e. The molecule has 0 spiro atoms. The molecule has 1 aromatic heterocycles. The van der Waals surface area contributed by atoms with Gasteiger partial charge in [-0.05, 0) is 38.1 Å². The number of halogens is 3. The maximum Gasteiger partial charge on any atom is 0.391 e. The van der Waals surface area contributed by atoms with Gasteiger partial charge in [0, 0.05) is 0 Å². The Kier molecular flexibility index (Phi) is 4.54. The van der Waals surface area contributed by atoms with Crippen LogP contribution in [0.3, 0.4) is 0 Å². The summed E-state index contributed by atoms with van der Waals surface area (Å²) in [4.78, 5) is 18.1. The van der Waals surface area contributed by atoms with Crippen molar-refractivity contribution >= 4 is 32.6 Å². The van der Waals surface area contributed by atoms with Gasteiger partial charge in [0.15, 0.2) is 5.13 Å². The van der Waals surface area contributed by atoms with E-state index in [1.54, 1.807) is 4.90 Å². The molecule has 0 atom stereocenters. The van der Waals surface area contributed by atoms with E-state index < -0.39 is 12.1 Å². The maximum absolute atomic E-state index is 12.6. The third kappa shape index (κ3) is 4.00. The molecule has 0 saturated carbocycles. The number of anilines is 1. The molecule has 2 aromatic rings. The molecule has 1 saturated heterocycles. The average Bonchev–Trinajstić information content (AvgIpc) is 2.88. The first-order valence-corrected chi connectivity index (χ1v) is 8.18. The fourth-order valence-corrected chi connectivity index (χ4v) is 3.59. The number of likely N-dealkylation sites (tertiary alicyclic amines) is 1. The standard InChI is InChI=1S/C15H16F3N3OS/c16-15(17,18)10-5-7-21(8-6-10)9-13(22)20-14-19-11-3-1-2-4-12(11)23-14/h1-4,10H,5-9H2,(H,19,20,22). The molecule has 124 valence electrons. The average molecular weight is 343 g/mol. The molecule has 1 N–H and O–H groups in total. The predicted octanol–water partition coefficient (Wildman–Crippen LogP) is 3.51. The number of hydrogen-bond acceptors (Lipinski definition) is 4. The highest BCUT2D eigenvalue weighted by molar-refractivity contribution is 7.22. The number of carbonyl (C=O) groups excluding carboxylic acids is 1. The molecule has 3 rings (SSSR count). The number of amides is 1. The van der Waals surface area contributed by atoms with Gasteiger partial charge in [-0.3, -0.25) is 9.69 Å². The maximum atomic E-state index is 12.6. The summed E-state index contributed by atoms with van der Waals surface area (Å²) in [5.41, 5.74) is 0.818. The molecule has 0 bridgehead atoms. The Morgan fingerprint density at radius 2 is 2.00 bits per heavy atom. The molecule has 23 heavy (non-hydrogen) atoms. The van der Waals surface area contributed by atoms with E-state index in [1.807, 2.05) is 24.3 Å². The third-order valence-corrected chi connectivity index (χ3v) is 4.91. The van der Waals surface area contributed by atoms with Crippen LogP contribution in [0.5, 0.6) is 0 Å². The normalized spacial score (nSPS) is 17.5. The second-order valence-electron chi connectivity index (χ2n) is 5.63. The molecule has 4 nitrogen and oxygen atoms in total. The Morgan fingerprint density at radius 1 is 1.30 bits per heavy atom. The number of nitrogens with zero attached hydrogens (tertiary/aromatic N) is 2. The number of para-hydroxylation sites is 1. The summed E-state index contributed by atoms with van der Waals surface area (Å²) in [6.07, 6.45) is -4.02. The van der Waals surface area contributed by atoms with Gasteiger partial charge >= 0.3 is 6.18 Å². The summed E-state index contributed by atoms with van der Waals surface area (Å²) in [6.45, 7) is 0.676. The zero-order chi connectivity index (χ0) is 16.4. The molecule has 0 aliphatic carbocycles. The first-order chi connectivity index (χ1) is 10.9. The summed E-state index contributed by atoms with van der Waals surface area (Å²) in [5.74, 6) is -1.49. The van der Waals surface area contributed by atoms with Crippen molar-refractivity contribution in [2.75, 3.05) is 25.0 Å². The molecular formula is C15H16F3N3OS. The van der Waals surface area contributed by atoms with E-state index in [0.29, 0.717) is 5.13 Å². The van der Waals surface area contributed by atoms with Crippen LogP contribution in [-0.4, -0.2) is 41.6 Å². The lowest BCUT2D eigenvalue weighted by Crippen LogP contribution is -2.42. The monoisotopic (exact) mass is 343 g/mol. The number of fused-ring (bicyclic) bond motifs is 1. The van der Waals surface area contributed by atoms with Crippen LogP contribution in [-0.2, 0) is 4.79 Å². The van der Waals surface area contributed by atoms with Gasteiger partial charge in [-0.2, -0.15) is 13.2 Å². The molecule has 1 aliphatic heterocycles. The summed E-state index contributed by atoms with van der Waals surface area (Å²) in [7, 11) is 0. The lowest BCUT2D eigenvalue weighted by molar-refractivity contribution is -0.184. The summed E-state index contributed by atoms with van der Waals surface area (Å²) >= 11 is 1.38. The molecule has 0 unspecified atom stereocenters. The Bertz CT molecular complexity index is 660. The van der Waals surface area contributed by atoms with Crippen molar-refractivity contribution in [2.45, 2.75) is 19.0 Å². The highest BCUT2D eigenvalue weighted by Gasteiger charge is 2.41. The number of benzene rings is 1. The summed E-state index contributed by atoms with van der Waals surface area (Å²) in [5, 5.41) is 3.24. The van der Waals surface area contributed by atoms with Crippen molar-refractivity contribution in [1.82, 2.24) is 9.88 Å². The molecule has 2 heterocycles. The number of thiazole rings is 1. The quantitative estimate of drug-likeness (QED) is 0.928. The van der Waals surface area contributed by atoms with E-state index in [-0.39, 0.29) is 38.4 Å². The van der Waals surface area contributed by atoms with Gasteiger partial charge in [0.1, 0.15) is 0 Å². The lowest BCUT2D eigenvalue weighted by atomic mass is 9.96. The molecule has 0 radical (unpaired) electrons. The molecule has 1 amide bonds. The Labute approximate surface area is 135 Å². The topological polar surface area (TPSA) is 45.2 Å². The van der Waals surface area contributed by atoms with E-state index in [9.17, 15) is 18.0 Å². The van der Waals surface area contributed by atoms with Crippen LogP contribution < -0.4 is 5.32 Å². The fourth-order valence-electron chi connectivity index (χ4n) is 2.71. The number of carbonyl (C=O) groups is 1. The van der Waals surface area contributed by atoms with E-state index in [1.165, 1.54) is 11.3 Å². The number of rotatable bonds is 3. The number of aromatic nitrogens is 1. The van der Waals surface area contributed by atoms with Gasteiger partial charge in [0.25, 0.3) is 0 Å². The number of hydrogen-bond donors (Lipinski definition) is 1. The van der Waals surface area contributed by atoms with Crippen molar-refractivity contribution in [1.29, 1.82) is 0 Å². The van der Waals surface area contributed by atoms with Gasteiger partial charge in [-0.1, -0.05) is 23.5 Å². The van der Waals surface area contributed by atoms with Crippen LogP contribution in [0.15, 0.2) is 24.3 Å². The third-order valence-electron chi connectivity index (χ3n) is 3.96. The highest BCUT2D eigenvalue weighted by Crippen LogP contribution is 2.34. The number of alkyl halides is 3. The van der Waals surface area contributed by atoms with Crippen LogP contribution in [0.1, 0.15) is 12.8 Å². The molecule has 1 aliphatic rings. The van der Waals surface area contributed by atoms with Crippen LogP contribution in [0.4, 0.5) is 18.3 Å². The van der Waals surface area contributed by atoms with E-state index in [2.05, 4.69) is 10.3 Å². The van der Waals surface area contributed by atoms with Crippen LogP contribution in [0.25, 0.3) is 10.2 Å². The minimum Gasteiger partial charge on any atom is -0.301 e. The molecule has 1 aromatic carbocycles. The Hall–Kier alpha value is -1.67. The second kappa shape index (κ2) is 6.45. The Morgan fingerprint density at radius 3 is 2.65 bits per heavy atom. The fraction of sp³-hybridized carbons (Fsp3) is 0.467. The SMILES string of the molecule is O=C(CN1CCC(C(F)(F)F)CC1)Nc1nc2ccccc2s1. The van der Waals surface area contributed by atoms with Gasteiger partial charge in [-0.15, -0.1) is 0 Å². The van der Waals surface area contributed by atoms with Crippen molar-refractivity contribution < 1.29 is 18.0 Å². The molecule has 8 heteroatoms. The van der Waals surface area contributed by atoms with Gasteiger partial charge in [-0.25, -0.2) is 4.98 Å². The molecule has 1 fully saturated rings. The van der Waals surface area contributed by atoms with E-state index >= 15 is 0 Å². The van der Waals surface area contributed by atoms with Crippen molar-refractivity contribution in [3.8, 4) is 0 Å². The zero-order valence-corrected chi connectivity index (χ0v) is 13.1. The summed E-state index contributed by atoms with van der Waals surface area (Å²) in [6, 6.07) is 7.56. The second-order valence-corrected chi connectivity index (χ2v) is 6.66. The van der Waals surface area contributed by atoms with Crippen LogP contribution in [0, 0.1) is 5.92 Å². The van der Waals surface area contributed by atoms with Crippen molar-refractivity contribution in [3.05, 3.63) is 24.3 Å². The van der Waals surface area contributed by atoms with Gasteiger partial charge in [0.05, 0.1) is 22.7 Å². The van der Waals surface area contributed by atoms with Gasteiger partial charge in [0.2, 0.25) is 5.91 Å². The predicted molar refractivity (Wildman–Crippen MR) is 83.5 cm³/mol. The minimum absolute atomic E-state index is 0.0535. The Balaban J connectivity index is 1.52. The van der Waals surface area contributed by atoms with Crippen LogP contribution in [0.2, 0.25) is 0 Å². The first-order valence-electron chi connectivity index (χ1n) is 7.36. The van der Waals surface area contributed by atoms with Crippen molar-refractivity contribution in [3.63, 3.8) is 0 Å². The lowest BCUT2D eigenvalue weighted by Gasteiger charge is -2.32. The molecular weight excluding hydrogens is 327 g/mol. The zero-order valence-electron chi connectivity index (χ0n) is 12.3. The van der Waals surface area contributed by atoms with Gasteiger partial charge < -0.3 is 5.32 Å². The smallest absolute Gasteiger partial charge is 0.301 e. The number of piperidine rings is 1. The van der Waals surface area contributed by atoms with E-state index in [0.717, 1.165) is 10.2 Å².